The van der Waals surface area contributed by atoms with Gasteiger partial charge in [-0.3, -0.25) is 0 Å². The molecule has 102 valence electrons. The van der Waals surface area contributed by atoms with Gasteiger partial charge < -0.3 is 10.4 Å². The molecule has 17 heavy (non-hydrogen) atoms. The fourth-order valence-electron chi connectivity index (χ4n) is 3.24. The summed E-state index contributed by atoms with van der Waals surface area (Å²) in [5.74, 6) is 2.28. The summed E-state index contributed by atoms with van der Waals surface area (Å²) in [5, 5.41) is 13.7. The fourth-order valence-corrected chi connectivity index (χ4v) is 3.24. The molecule has 0 aliphatic heterocycles. The predicted molar refractivity (Wildman–Crippen MR) is 74.1 cm³/mol. The van der Waals surface area contributed by atoms with Crippen LogP contribution in [0.2, 0.25) is 0 Å². The highest BCUT2D eigenvalue weighted by atomic mass is 16.3. The highest BCUT2D eigenvalue weighted by Crippen LogP contribution is 2.28. The van der Waals surface area contributed by atoms with Gasteiger partial charge in [-0.15, -0.1) is 0 Å². The van der Waals surface area contributed by atoms with Crippen LogP contribution in [0.5, 0.6) is 0 Å². The average molecular weight is 241 g/mol. The molecule has 0 aromatic heterocycles. The van der Waals surface area contributed by atoms with Gasteiger partial charge in [0, 0.05) is 6.54 Å². The van der Waals surface area contributed by atoms with Gasteiger partial charge in [0.05, 0.1) is 5.60 Å². The predicted octanol–water partition coefficient (Wildman–Crippen LogP) is 3.20. The van der Waals surface area contributed by atoms with Crippen LogP contribution in [0.3, 0.4) is 0 Å². The highest BCUT2D eigenvalue weighted by Gasteiger charge is 2.23. The van der Waals surface area contributed by atoms with Crippen molar-refractivity contribution in [2.45, 2.75) is 65.4 Å². The topological polar surface area (TPSA) is 32.3 Å². The molecule has 0 heterocycles. The molecular formula is C15H31NO. The van der Waals surface area contributed by atoms with E-state index in [1.807, 2.05) is 6.92 Å². The molecule has 1 fully saturated rings. The monoisotopic (exact) mass is 241 g/mol. The zero-order valence-corrected chi connectivity index (χ0v) is 12.1. The van der Waals surface area contributed by atoms with E-state index in [-0.39, 0.29) is 0 Å². The second-order valence-electron chi connectivity index (χ2n) is 6.86. The molecule has 1 saturated carbocycles. The molecule has 1 aliphatic carbocycles. The van der Waals surface area contributed by atoms with E-state index in [0.717, 1.165) is 31.3 Å². The third kappa shape index (κ3) is 6.42. The van der Waals surface area contributed by atoms with E-state index in [4.69, 9.17) is 0 Å². The number of hydrogen-bond acceptors (Lipinski definition) is 2. The lowest BCUT2D eigenvalue weighted by Gasteiger charge is -2.30. The Bertz CT molecular complexity index is 213. The van der Waals surface area contributed by atoms with Crippen molar-refractivity contribution in [2.75, 3.05) is 13.1 Å². The van der Waals surface area contributed by atoms with Crippen molar-refractivity contribution in [1.29, 1.82) is 0 Å². The molecule has 0 radical (unpaired) electrons. The molecule has 0 saturated heterocycles. The molecule has 3 atom stereocenters. The Hall–Kier alpha value is -0.0800. The third-order valence-corrected chi connectivity index (χ3v) is 3.83. The molecule has 2 N–H and O–H groups in total. The lowest BCUT2D eigenvalue weighted by molar-refractivity contribution is 0.0372. The molecule has 2 nitrogen and oxygen atoms in total. The SMILES string of the molecule is CC(C)CC(C)(O)CNCC1CCCC(C)C1. The van der Waals surface area contributed by atoms with Crippen molar-refractivity contribution in [3.8, 4) is 0 Å². The van der Waals surface area contributed by atoms with Crippen LogP contribution in [0.15, 0.2) is 0 Å². The second-order valence-corrected chi connectivity index (χ2v) is 6.86. The lowest BCUT2D eigenvalue weighted by Crippen LogP contribution is -2.41. The summed E-state index contributed by atoms with van der Waals surface area (Å²) in [4.78, 5) is 0. The maximum atomic E-state index is 10.2. The van der Waals surface area contributed by atoms with Gasteiger partial charge in [0.2, 0.25) is 0 Å². The first-order valence-corrected chi connectivity index (χ1v) is 7.32. The van der Waals surface area contributed by atoms with Gasteiger partial charge in [0.1, 0.15) is 0 Å². The zero-order chi connectivity index (χ0) is 12.9. The largest absolute Gasteiger partial charge is 0.389 e. The van der Waals surface area contributed by atoms with E-state index in [2.05, 4.69) is 26.1 Å². The molecule has 1 aliphatic rings. The average Bonchev–Trinajstić information content (AvgIpc) is 2.15. The molecule has 1 rings (SSSR count). The van der Waals surface area contributed by atoms with Crippen LogP contribution in [0.4, 0.5) is 0 Å². The third-order valence-electron chi connectivity index (χ3n) is 3.83. The summed E-state index contributed by atoms with van der Waals surface area (Å²) in [5.41, 5.74) is -0.547. The summed E-state index contributed by atoms with van der Waals surface area (Å²) in [6, 6.07) is 0. The van der Waals surface area contributed by atoms with Crippen LogP contribution < -0.4 is 5.32 Å². The first-order chi connectivity index (χ1) is 7.89. The van der Waals surface area contributed by atoms with Crippen LogP contribution in [-0.4, -0.2) is 23.8 Å². The van der Waals surface area contributed by atoms with E-state index in [0.29, 0.717) is 5.92 Å². The van der Waals surface area contributed by atoms with Gasteiger partial charge in [0.25, 0.3) is 0 Å². The van der Waals surface area contributed by atoms with Gasteiger partial charge in [-0.1, -0.05) is 33.6 Å². The molecular weight excluding hydrogens is 210 g/mol. The minimum absolute atomic E-state index is 0.547. The smallest absolute Gasteiger partial charge is 0.0746 e. The molecule has 0 aromatic rings. The lowest BCUT2D eigenvalue weighted by atomic mass is 9.82. The summed E-state index contributed by atoms with van der Waals surface area (Å²) in [6.45, 7) is 10.5. The molecule has 0 bridgehead atoms. The maximum Gasteiger partial charge on any atom is 0.0746 e. The van der Waals surface area contributed by atoms with Crippen LogP contribution in [0.1, 0.15) is 59.8 Å². The summed E-state index contributed by atoms with van der Waals surface area (Å²) >= 11 is 0. The standard InChI is InChI=1S/C15H31NO/c1-12(2)9-15(4,17)11-16-10-14-7-5-6-13(3)8-14/h12-14,16-17H,5-11H2,1-4H3. The Morgan fingerprint density at radius 2 is 2.06 bits per heavy atom. The second kappa shape index (κ2) is 6.75. The Balaban J connectivity index is 2.18. The van der Waals surface area contributed by atoms with Crippen molar-refractivity contribution >= 4 is 0 Å². The first-order valence-electron chi connectivity index (χ1n) is 7.32. The Morgan fingerprint density at radius 3 is 2.65 bits per heavy atom. The molecule has 0 spiro atoms. The molecule has 2 heteroatoms. The van der Waals surface area contributed by atoms with Gasteiger partial charge in [0.15, 0.2) is 0 Å². The van der Waals surface area contributed by atoms with Crippen molar-refractivity contribution in [3.05, 3.63) is 0 Å². The summed E-state index contributed by atoms with van der Waals surface area (Å²) < 4.78 is 0. The van der Waals surface area contributed by atoms with E-state index in [9.17, 15) is 5.11 Å². The molecule has 3 unspecified atom stereocenters. The first kappa shape index (κ1) is 15.0. The van der Waals surface area contributed by atoms with Gasteiger partial charge >= 0.3 is 0 Å². The summed E-state index contributed by atoms with van der Waals surface area (Å²) in [7, 11) is 0. The highest BCUT2D eigenvalue weighted by molar-refractivity contribution is 4.79. The molecule has 0 amide bonds. The Morgan fingerprint density at radius 1 is 1.35 bits per heavy atom. The zero-order valence-electron chi connectivity index (χ0n) is 12.1. The van der Waals surface area contributed by atoms with Crippen molar-refractivity contribution < 1.29 is 5.11 Å². The van der Waals surface area contributed by atoms with Crippen molar-refractivity contribution in [1.82, 2.24) is 5.32 Å². The van der Waals surface area contributed by atoms with Crippen LogP contribution >= 0.6 is 0 Å². The quantitative estimate of drug-likeness (QED) is 0.748. The Labute approximate surface area is 107 Å². The maximum absolute atomic E-state index is 10.2. The number of nitrogens with one attached hydrogen (secondary N) is 1. The van der Waals surface area contributed by atoms with Crippen molar-refractivity contribution in [3.63, 3.8) is 0 Å². The minimum Gasteiger partial charge on any atom is -0.389 e. The van der Waals surface area contributed by atoms with E-state index in [1.54, 1.807) is 0 Å². The summed E-state index contributed by atoms with van der Waals surface area (Å²) in [6.07, 6.45) is 6.39. The molecule has 0 aromatic carbocycles. The van der Waals surface area contributed by atoms with Crippen LogP contribution in [-0.2, 0) is 0 Å². The fraction of sp³-hybridized carbons (Fsp3) is 1.00. The number of rotatable bonds is 6. The number of aliphatic hydroxyl groups is 1. The van der Waals surface area contributed by atoms with E-state index >= 15 is 0 Å². The Kier molecular flexibility index (Phi) is 5.94. The number of hydrogen-bond donors (Lipinski definition) is 2. The van der Waals surface area contributed by atoms with Crippen molar-refractivity contribution in [2.24, 2.45) is 17.8 Å². The van der Waals surface area contributed by atoms with E-state index < -0.39 is 5.60 Å². The van der Waals surface area contributed by atoms with Gasteiger partial charge in [-0.05, 0) is 50.5 Å². The normalized spacial score (nSPS) is 29.3. The van der Waals surface area contributed by atoms with Gasteiger partial charge in [-0.2, -0.15) is 0 Å². The minimum atomic E-state index is -0.547. The van der Waals surface area contributed by atoms with Crippen LogP contribution in [0.25, 0.3) is 0 Å². The van der Waals surface area contributed by atoms with Crippen LogP contribution in [0, 0.1) is 17.8 Å². The van der Waals surface area contributed by atoms with Gasteiger partial charge in [-0.25, -0.2) is 0 Å². The van der Waals surface area contributed by atoms with E-state index in [1.165, 1.54) is 25.7 Å².